The van der Waals surface area contributed by atoms with Crippen LogP contribution in [0.1, 0.15) is 5.56 Å². The Morgan fingerprint density at radius 1 is 1.54 bits per heavy atom. The lowest BCUT2D eigenvalue weighted by molar-refractivity contribution is -0.384. The Morgan fingerprint density at radius 2 is 2.31 bits per heavy atom. The Hall–Kier alpha value is -1.84. The molecule has 0 fully saturated rings. The van der Waals surface area contributed by atoms with E-state index in [0.29, 0.717) is 6.42 Å². The van der Waals surface area contributed by atoms with Gasteiger partial charge in [0.2, 0.25) is 0 Å². The molecule has 0 aliphatic heterocycles. The van der Waals surface area contributed by atoms with Gasteiger partial charge in [-0.25, -0.2) is 0 Å². The lowest BCUT2D eigenvalue weighted by Gasteiger charge is -1.95. The van der Waals surface area contributed by atoms with E-state index in [1.54, 1.807) is 12.1 Å². The van der Waals surface area contributed by atoms with Crippen LogP contribution in [0.3, 0.4) is 0 Å². The average Bonchev–Trinajstić information content (AvgIpc) is 2.15. The van der Waals surface area contributed by atoms with Gasteiger partial charge in [0, 0.05) is 12.1 Å². The van der Waals surface area contributed by atoms with E-state index < -0.39 is 4.92 Å². The van der Waals surface area contributed by atoms with Crippen LogP contribution in [0.2, 0.25) is 0 Å². The van der Waals surface area contributed by atoms with Crippen molar-refractivity contribution in [1.29, 1.82) is 0 Å². The van der Waals surface area contributed by atoms with Crippen molar-refractivity contribution in [3.63, 3.8) is 0 Å². The summed E-state index contributed by atoms with van der Waals surface area (Å²) in [6.07, 6.45) is 2.95. The molecule has 1 N–H and O–H groups in total. The van der Waals surface area contributed by atoms with Crippen molar-refractivity contribution in [2.45, 2.75) is 6.42 Å². The van der Waals surface area contributed by atoms with Crippen molar-refractivity contribution >= 4 is 5.69 Å². The molecule has 0 heterocycles. The number of benzene rings is 1. The largest absolute Gasteiger partial charge is 0.516 e. The number of non-ortho nitro benzene ring substituents is 1. The fourth-order valence-corrected chi connectivity index (χ4v) is 0.986. The molecule has 4 nitrogen and oxygen atoms in total. The number of nitro benzene ring substituents is 1. The van der Waals surface area contributed by atoms with Gasteiger partial charge in [0.1, 0.15) is 0 Å². The second kappa shape index (κ2) is 4.25. The van der Waals surface area contributed by atoms with E-state index in [2.05, 4.69) is 0 Å². The standard InChI is InChI=1S/C9H9NO3/c11-6-2-4-8-3-1-5-9(7-8)10(12)13/h1-3,5-7,11H,4H2. The Bertz CT molecular complexity index is 333. The molecular formula is C9H9NO3. The third kappa shape index (κ3) is 2.59. The average molecular weight is 179 g/mol. The van der Waals surface area contributed by atoms with Crippen molar-refractivity contribution in [3.8, 4) is 0 Å². The zero-order valence-electron chi connectivity index (χ0n) is 6.88. The smallest absolute Gasteiger partial charge is 0.269 e. The number of aliphatic hydroxyl groups is 1. The minimum absolute atomic E-state index is 0.0730. The molecule has 13 heavy (non-hydrogen) atoms. The molecule has 0 atom stereocenters. The molecule has 4 heteroatoms. The monoisotopic (exact) mass is 179 g/mol. The van der Waals surface area contributed by atoms with Gasteiger partial charge in [0.15, 0.2) is 0 Å². The summed E-state index contributed by atoms with van der Waals surface area (Å²) in [6.45, 7) is 0. The van der Waals surface area contributed by atoms with Gasteiger partial charge < -0.3 is 5.11 Å². The number of rotatable bonds is 3. The highest BCUT2D eigenvalue weighted by Gasteiger charge is 2.03. The lowest BCUT2D eigenvalue weighted by Crippen LogP contribution is -1.89. The molecule has 0 aliphatic carbocycles. The molecular weight excluding hydrogens is 170 g/mol. The Labute approximate surface area is 75.3 Å². The fraction of sp³-hybridized carbons (Fsp3) is 0.111. The summed E-state index contributed by atoms with van der Waals surface area (Å²) in [5.74, 6) is 0. The molecule has 0 radical (unpaired) electrons. The van der Waals surface area contributed by atoms with Crippen molar-refractivity contribution < 1.29 is 10.0 Å². The highest BCUT2D eigenvalue weighted by Crippen LogP contribution is 2.13. The summed E-state index contributed by atoms with van der Waals surface area (Å²) >= 11 is 0. The number of hydrogen-bond acceptors (Lipinski definition) is 3. The van der Waals surface area contributed by atoms with E-state index >= 15 is 0 Å². The van der Waals surface area contributed by atoms with Crippen molar-refractivity contribution in [2.24, 2.45) is 0 Å². The summed E-state index contributed by atoms with van der Waals surface area (Å²) in [6, 6.07) is 6.32. The van der Waals surface area contributed by atoms with Crippen LogP contribution < -0.4 is 0 Å². The van der Waals surface area contributed by atoms with E-state index in [1.165, 1.54) is 18.2 Å². The number of allylic oxidation sites excluding steroid dienone is 1. The van der Waals surface area contributed by atoms with Gasteiger partial charge in [-0.3, -0.25) is 10.1 Å². The first-order chi connectivity index (χ1) is 6.24. The highest BCUT2D eigenvalue weighted by molar-refractivity contribution is 5.34. The minimum atomic E-state index is -0.438. The van der Waals surface area contributed by atoms with Crippen LogP contribution in [0.25, 0.3) is 0 Å². The van der Waals surface area contributed by atoms with Crippen molar-refractivity contribution in [1.82, 2.24) is 0 Å². The lowest BCUT2D eigenvalue weighted by atomic mass is 10.1. The molecule has 0 saturated carbocycles. The second-order valence-corrected chi connectivity index (χ2v) is 2.52. The zero-order chi connectivity index (χ0) is 9.68. The summed E-state index contributed by atoms with van der Waals surface area (Å²) in [7, 11) is 0. The summed E-state index contributed by atoms with van der Waals surface area (Å²) in [5, 5.41) is 18.8. The maximum atomic E-state index is 10.4. The fourth-order valence-electron chi connectivity index (χ4n) is 0.986. The molecule has 0 saturated heterocycles. The van der Waals surface area contributed by atoms with Crippen LogP contribution in [0.5, 0.6) is 0 Å². The predicted molar refractivity (Wildman–Crippen MR) is 48.6 cm³/mol. The molecule has 0 unspecified atom stereocenters. The number of nitro groups is 1. The Balaban J connectivity index is 2.85. The van der Waals surface area contributed by atoms with Gasteiger partial charge in [-0.15, -0.1) is 0 Å². The summed E-state index contributed by atoms with van der Waals surface area (Å²) < 4.78 is 0. The van der Waals surface area contributed by atoms with E-state index in [4.69, 9.17) is 5.11 Å². The normalized spacial score (nSPS) is 10.5. The molecule has 0 spiro atoms. The predicted octanol–water partition coefficient (Wildman–Crippen LogP) is 2.21. The summed E-state index contributed by atoms with van der Waals surface area (Å²) in [5.41, 5.74) is 0.878. The molecule has 68 valence electrons. The van der Waals surface area contributed by atoms with Crippen LogP contribution >= 0.6 is 0 Å². The second-order valence-electron chi connectivity index (χ2n) is 2.52. The summed E-state index contributed by atoms with van der Waals surface area (Å²) in [4.78, 5) is 9.93. The topological polar surface area (TPSA) is 63.4 Å². The van der Waals surface area contributed by atoms with Gasteiger partial charge in [-0.1, -0.05) is 12.1 Å². The first kappa shape index (κ1) is 9.25. The van der Waals surface area contributed by atoms with Gasteiger partial charge in [-0.05, 0) is 18.1 Å². The minimum Gasteiger partial charge on any atom is -0.516 e. The molecule has 1 rings (SSSR count). The molecule has 1 aromatic carbocycles. The number of hydrogen-bond donors (Lipinski definition) is 1. The first-order valence-electron chi connectivity index (χ1n) is 3.76. The maximum absolute atomic E-state index is 10.4. The van der Waals surface area contributed by atoms with Crippen LogP contribution in [-0.2, 0) is 6.42 Å². The maximum Gasteiger partial charge on any atom is 0.269 e. The van der Waals surface area contributed by atoms with Crippen molar-refractivity contribution in [3.05, 3.63) is 52.3 Å². The van der Waals surface area contributed by atoms with Crippen LogP contribution in [-0.4, -0.2) is 10.0 Å². The molecule has 0 aliphatic rings. The number of aliphatic hydroxyl groups excluding tert-OH is 1. The zero-order valence-corrected chi connectivity index (χ0v) is 6.88. The first-order valence-corrected chi connectivity index (χ1v) is 3.76. The SMILES string of the molecule is O=[N+]([O-])c1cccc(CC=CO)c1. The molecule has 0 amide bonds. The molecule has 0 aromatic heterocycles. The quantitative estimate of drug-likeness (QED) is 0.439. The molecule has 0 bridgehead atoms. The van der Waals surface area contributed by atoms with Crippen LogP contribution in [0.15, 0.2) is 36.6 Å². The van der Waals surface area contributed by atoms with E-state index in [9.17, 15) is 10.1 Å². The van der Waals surface area contributed by atoms with E-state index in [0.717, 1.165) is 11.8 Å². The van der Waals surface area contributed by atoms with Gasteiger partial charge in [-0.2, -0.15) is 0 Å². The van der Waals surface area contributed by atoms with E-state index in [-0.39, 0.29) is 5.69 Å². The van der Waals surface area contributed by atoms with Gasteiger partial charge >= 0.3 is 0 Å². The number of nitrogens with zero attached hydrogens (tertiary/aromatic N) is 1. The van der Waals surface area contributed by atoms with Crippen LogP contribution in [0, 0.1) is 10.1 Å². The third-order valence-corrected chi connectivity index (χ3v) is 1.58. The van der Waals surface area contributed by atoms with Crippen LogP contribution in [0.4, 0.5) is 5.69 Å². The van der Waals surface area contributed by atoms with Gasteiger partial charge in [0.05, 0.1) is 11.2 Å². The van der Waals surface area contributed by atoms with Crippen molar-refractivity contribution in [2.75, 3.05) is 0 Å². The van der Waals surface area contributed by atoms with Gasteiger partial charge in [0.25, 0.3) is 5.69 Å². The third-order valence-electron chi connectivity index (χ3n) is 1.58. The highest BCUT2D eigenvalue weighted by atomic mass is 16.6. The Morgan fingerprint density at radius 3 is 2.92 bits per heavy atom. The molecule has 1 aromatic rings. The Kier molecular flexibility index (Phi) is 3.03. The van der Waals surface area contributed by atoms with E-state index in [1.807, 2.05) is 0 Å².